The monoisotopic (exact) mass is 669 g/mol. The third kappa shape index (κ3) is 5.83. The number of phenols is 1. The highest BCUT2D eigenvalue weighted by atomic mass is 16.5. The molecule has 4 fully saturated rings. The van der Waals surface area contributed by atoms with Crippen molar-refractivity contribution in [2.24, 2.45) is 50.2 Å². The second kappa shape index (κ2) is 12.3. The number of ketones is 1. The summed E-state index contributed by atoms with van der Waals surface area (Å²) in [7, 11) is 0. The first kappa shape index (κ1) is 35.7. The number of rotatable bonds is 6. The number of esters is 1. The number of nitrogens with one attached hydrogen (secondary N) is 1. The molecule has 3 unspecified atom stereocenters. The van der Waals surface area contributed by atoms with Crippen LogP contribution in [0.4, 0.5) is 5.69 Å². The molecule has 2 N–H and O–H groups in total. The smallest absolute Gasteiger partial charge is 0.330 e. The second-order valence-corrected chi connectivity index (χ2v) is 18.5. The van der Waals surface area contributed by atoms with Gasteiger partial charge in [-0.2, -0.15) is 0 Å². The summed E-state index contributed by atoms with van der Waals surface area (Å²) >= 11 is 0. The number of carbonyl (C=O) groups excluding carboxylic acids is 3. The molecule has 0 aliphatic heterocycles. The Morgan fingerprint density at radius 1 is 0.959 bits per heavy atom. The summed E-state index contributed by atoms with van der Waals surface area (Å²) in [4.78, 5) is 39.2. The van der Waals surface area contributed by atoms with E-state index < -0.39 is 5.97 Å². The summed E-state index contributed by atoms with van der Waals surface area (Å²) < 4.78 is 6.38. The average Bonchev–Trinajstić information content (AvgIpc) is 3.02. The van der Waals surface area contributed by atoms with Gasteiger partial charge in [0, 0.05) is 34.6 Å². The van der Waals surface area contributed by atoms with Crippen molar-refractivity contribution < 1.29 is 24.2 Å². The van der Waals surface area contributed by atoms with E-state index in [-0.39, 0.29) is 44.1 Å². The van der Waals surface area contributed by atoms with Crippen LogP contribution in [0.1, 0.15) is 125 Å². The fourth-order valence-electron chi connectivity index (χ4n) is 12.0. The van der Waals surface area contributed by atoms with Crippen molar-refractivity contribution in [2.45, 2.75) is 120 Å². The Hall–Kier alpha value is -3.15. The van der Waals surface area contributed by atoms with Crippen LogP contribution in [-0.4, -0.2) is 29.4 Å². The maximum absolute atomic E-state index is 13.6. The number of phenolic OH excluding ortho intramolecular Hbond substituents is 1. The van der Waals surface area contributed by atoms with Crippen molar-refractivity contribution in [3.8, 4) is 5.75 Å². The zero-order valence-corrected chi connectivity index (χ0v) is 31.2. The third-order valence-electron chi connectivity index (χ3n) is 15.0. The third-order valence-corrected chi connectivity index (χ3v) is 15.0. The number of anilines is 1. The first-order valence-corrected chi connectivity index (χ1v) is 18.8. The molecule has 0 bridgehead atoms. The standard InChI is InChI=1S/C43H59NO5/c1-9-10-36(47)44-32-14-12-29(45)25-28(32)11-16-37(48)49-27-43-24-23-40(6)22-21-38(2,3)26-31(40)30(43)13-15-34-41(7)19-18-35(46)39(4,5)33(41)17-20-42(34,43)8/h9-14,16,25,31,33-34,45H,15,17-24,26-27H2,1-8H3,(H,44,47)/b10-9+,16-11+/t31?,33?,34?,40-,41+,42-,43+/m1/s1. The van der Waals surface area contributed by atoms with Crippen molar-refractivity contribution in [1.29, 1.82) is 0 Å². The number of aromatic hydroxyl groups is 1. The number of benzene rings is 1. The molecule has 0 radical (unpaired) electrons. The number of fused-ring (bicyclic) bond motifs is 7. The summed E-state index contributed by atoms with van der Waals surface area (Å²) in [5, 5.41) is 13.0. The minimum atomic E-state index is -0.421. The molecule has 5 aliphatic rings. The number of ether oxygens (including phenoxy) is 1. The molecule has 0 spiro atoms. The van der Waals surface area contributed by atoms with Crippen molar-refractivity contribution in [3.05, 3.63) is 53.6 Å². The molecule has 1 amide bonds. The Balaban J connectivity index is 1.35. The molecule has 6 heteroatoms. The van der Waals surface area contributed by atoms with Crippen LogP contribution in [0, 0.1) is 50.2 Å². The van der Waals surface area contributed by atoms with Gasteiger partial charge in [-0.1, -0.05) is 66.2 Å². The predicted molar refractivity (Wildman–Crippen MR) is 196 cm³/mol. The molecule has 1 aromatic rings. The van der Waals surface area contributed by atoms with Gasteiger partial charge in [-0.3, -0.25) is 9.59 Å². The van der Waals surface area contributed by atoms with Gasteiger partial charge in [0.05, 0.1) is 0 Å². The quantitative estimate of drug-likeness (QED) is 0.136. The van der Waals surface area contributed by atoms with Gasteiger partial charge in [-0.15, -0.1) is 0 Å². The van der Waals surface area contributed by atoms with Crippen molar-refractivity contribution in [2.75, 3.05) is 11.9 Å². The largest absolute Gasteiger partial charge is 0.508 e. The number of hydrogen-bond donors (Lipinski definition) is 2. The Kier molecular flexibility index (Phi) is 8.93. The number of allylic oxidation sites excluding steroid dienone is 2. The van der Waals surface area contributed by atoms with E-state index >= 15 is 0 Å². The van der Waals surface area contributed by atoms with Crippen LogP contribution < -0.4 is 5.32 Å². The van der Waals surface area contributed by atoms with E-state index in [9.17, 15) is 19.5 Å². The highest BCUT2D eigenvalue weighted by Crippen LogP contribution is 2.75. The SMILES string of the molecule is C/C=C/C(=O)Nc1ccc(O)cc1/C=C/C(=O)OC[C@@]12CC[C@@]3(C)CCC(C)(C)CC3C1=CCC1[C@@]3(C)CCC(=O)C(C)(C)C3CC[C@]12C. The van der Waals surface area contributed by atoms with Gasteiger partial charge in [0.25, 0.3) is 0 Å². The first-order valence-electron chi connectivity index (χ1n) is 18.8. The number of carbonyl (C=O) groups is 3. The van der Waals surface area contributed by atoms with Crippen LogP contribution in [0.3, 0.4) is 0 Å². The molecular weight excluding hydrogens is 610 g/mol. The molecule has 0 heterocycles. The van der Waals surface area contributed by atoms with Crippen LogP contribution in [0.15, 0.2) is 48.1 Å². The molecule has 266 valence electrons. The lowest BCUT2D eigenvalue weighted by atomic mass is 9.33. The van der Waals surface area contributed by atoms with Gasteiger partial charge in [0.2, 0.25) is 5.91 Å². The first-order chi connectivity index (χ1) is 22.9. The molecule has 49 heavy (non-hydrogen) atoms. The molecular formula is C43H59NO5. The fourth-order valence-corrected chi connectivity index (χ4v) is 12.0. The summed E-state index contributed by atoms with van der Waals surface area (Å²) in [5.41, 5.74) is 2.47. The number of hydrogen-bond acceptors (Lipinski definition) is 5. The minimum absolute atomic E-state index is 0.0407. The Morgan fingerprint density at radius 2 is 1.69 bits per heavy atom. The van der Waals surface area contributed by atoms with Gasteiger partial charge in [-0.25, -0.2) is 4.79 Å². The Bertz CT molecular complexity index is 1620. The Labute approximate surface area is 294 Å². The molecule has 5 aliphatic carbocycles. The average molecular weight is 670 g/mol. The van der Waals surface area contributed by atoms with Crippen LogP contribution in [-0.2, 0) is 19.1 Å². The van der Waals surface area contributed by atoms with Crippen LogP contribution in [0.2, 0.25) is 0 Å². The van der Waals surface area contributed by atoms with Gasteiger partial charge in [0.15, 0.2) is 0 Å². The second-order valence-electron chi connectivity index (χ2n) is 18.5. The van der Waals surface area contributed by atoms with Crippen LogP contribution in [0.5, 0.6) is 5.75 Å². The topological polar surface area (TPSA) is 92.7 Å². The lowest BCUT2D eigenvalue weighted by Gasteiger charge is -2.71. The van der Waals surface area contributed by atoms with Gasteiger partial charge < -0.3 is 15.2 Å². The lowest BCUT2D eigenvalue weighted by Crippen LogP contribution is -2.65. The Morgan fingerprint density at radius 3 is 2.43 bits per heavy atom. The minimum Gasteiger partial charge on any atom is -0.508 e. The molecule has 1 aromatic carbocycles. The fraction of sp³-hybridized carbons (Fsp3) is 0.651. The maximum atomic E-state index is 13.6. The lowest BCUT2D eigenvalue weighted by molar-refractivity contribution is -0.198. The van der Waals surface area contributed by atoms with E-state index in [0.29, 0.717) is 47.8 Å². The number of Topliss-reactive ketones (excluding diaryl/α,β-unsaturated/α-hetero) is 1. The zero-order chi connectivity index (χ0) is 35.6. The van der Waals surface area contributed by atoms with Crippen LogP contribution in [0.25, 0.3) is 6.08 Å². The summed E-state index contributed by atoms with van der Waals surface area (Å²) in [6, 6.07) is 4.67. The molecule has 0 saturated heterocycles. The van der Waals surface area contributed by atoms with E-state index in [1.165, 1.54) is 37.1 Å². The molecule has 6 rings (SSSR count). The van der Waals surface area contributed by atoms with E-state index in [1.54, 1.807) is 30.7 Å². The van der Waals surface area contributed by atoms with E-state index in [4.69, 9.17) is 4.74 Å². The summed E-state index contributed by atoms with van der Waals surface area (Å²) in [6.45, 7) is 18.8. The van der Waals surface area contributed by atoms with Gasteiger partial charge >= 0.3 is 5.97 Å². The summed E-state index contributed by atoms with van der Waals surface area (Å²) in [6.07, 6.45) is 19.2. The molecule has 7 atom stereocenters. The van der Waals surface area contributed by atoms with E-state index in [2.05, 4.69) is 59.9 Å². The van der Waals surface area contributed by atoms with Gasteiger partial charge in [-0.05, 0) is 134 Å². The number of amides is 1. The predicted octanol–water partition coefficient (Wildman–Crippen LogP) is 9.83. The van der Waals surface area contributed by atoms with Crippen molar-refractivity contribution in [3.63, 3.8) is 0 Å². The van der Waals surface area contributed by atoms with E-state index in [1.807, 2.05) is 0 Å². The van der Waals surface area contributed by atoms with Crippen molar-refractivity contribution in [1.82, 2.24) is 0 Å². The summed E-state index contributed by atoms with van der Waals surface area (Å²) in [5.74, 6) is 0.968. The maximum Gasteiger partial charge on any atom is 0.330 e. The van der Waals surface area contributed by atoms with Crippen LogP contribution >= 0.6 is 0 Å². The normalized spacial score (nSPS) is 37.8. The molecule has 4 saturated carbocycles. The molecule has 6 nitrogen and oxygen atoms in total. The highest BCUT2D eigenvalue weighted by Gasteiger charge is 2.69. The van der Waals surface area contributed by atoms with Crippen molar-refractivity contribution >= 4 is 29.4 Å². The zero-order valence-electron chi connectivity index (χ0n) is 31.2. The van der Waals surface area contributed by atoms with Gasteiger partial charge in [0.1, 0.15) is 18.1 Å². The molecule has 0 aromatic heterocycles. The highest BCUT2D eigenvalue weighted by molar-refractivity contribution is 6.01. The van der Waals surface area contributed by atoms with E-state index in [0.717, 1.165) is 44.9 Å².